The van der Waals surface area contributed by atoms with Gasteiger partial charge in [-0.1, -0.05) is 6.92 Å². The van der Waals surface area contributed by atoms with Crippen molar-refractivity contribution < 1.29 is 4.79 Å². The van der Waals surface area contributed by atoms with Crippen LogP contribution >= 0.6 is 0 Å². The van der Waals surface area contributed by atoms with Crippen LogP contribution in [0.2, 0.25) is 0 Å². The number of rotatable bonds is 8. The number of carbonyl (C=O) groups excluding carboxylic acids is 1. The minimum absolute atomic E-state index is 0.00743. The van der Waals surface area contributed by atoms with Crippen molar-refractivity contribution in [2.75, 3.05) is 19.6 Å². The summed E-state index contributed by atoms with van der Waals surface area (Å²) >= 11 is 0. The fraction of sp³-hybridized carbons (Fsp3) is 0.800. The highest BCUT2D eigenvalue weighted by atomic mass is 16.1. The number of nitrogens with two attached hydrogens (primary N) is 3. The van der Waals surface area contributed by atoms with E-state index in [0.29, 0.717) is 19.6 Å². The van der Waals surface area contributed by atoms with Crippen LogP contribution in [0.15, 0.2) is 4.99 Å². The number of hydrogen-bond donors (Lipinski definition) is 4. The molecule has 0 fully saturated rings. The number of carbonyl (C=O) groups is 1. The van der Waals surface area contributed by atoms with Crippen LogP contribution in [0.1, 0.15) is 26.2 Å². The zero-order valence-electron chi connectivity index (χ0n) is 9.91. The zero-order valence-corrected chi connectivity index (χ0v) is 9.91. The van der Waals surface area contributed by atoms with Crippen LogP contribution < -0.4 is 22.5 Å². The molecule has 0 aromatic heterocycles. The average Bonchev–Trinajstić information content (AvgIpc) is 2.24. The van der Waals surface area contributed by atoms with Gasteiger partial charge < -0.3 is 22.5 Å². The molecule has 6 nitrogen and oxygen atoms in total. The summed E-state index contributed by atoms with van der Waals surface area (Å²) in [7, 11) is 0. The standard InChI is InChI=1S/C10H23N5O/c1-8(4-2-6-15-10(12)13)9(16)14-7-3-5-11/h8H,2-7,11H2,1H3,(H,14,16)(H4,12,13,15). The van der Waals surface area contributed by atoms with Crippen molar-refractivity contribution in [3.8, 4) is 0 Å². The number of hydrogen-bond acceptors (Lipinski definition) is 3. The fourth-order valence-electron chi connectivity index (χ4n) is 1.22. The lowest BCUT2D eigenvalue weighted by Gasteiger charge is -2.10. The van der Waals surface area contributed by atoms with Crippen molar-refractivity contribution in [2.45, 2.75) is 26.2 Å². The summed E-state index contributed by atoms with van der Waals surface area (Å²) in [6.07, 6.45) is 2.40. The number of nitrogens with one attached hydrogen (secondary N) is 1. The van der Waals surface area contributed by atoms with E-state index >= 15 is 0 Å². The highest BCUT2D eigenvalue weighted by Gasteiger charge is 2.10. The predicted octanol–water partition coefficient (Wildman–Crippen LogP) is -0.859. The van der Waals surface area contributed by atoms with Crippen LogP contribution in [0.4, 0.5) is 0 Å². The van der Waals surface area contributed by atoms with Gasteiger partial charge in [0.05, 0.1) is 0 Å². The number of aliphatic imine (C=N–C) groups is 1. The Bertz CT molecular complexity index is 225. The molecule has 1 amide bonds. The van der Waals surface area contributed by atoms with Gasteiger partial charge in [-0.15, -0.1) is 0 Å². The summed E-state index contributed by atoms with van der Waals surface area (Å²) in [5.41, 5.74) is 15.7. The van der Waals surface area contributed by atoms with Gasteiger partial charge in [0.2, 0.25) is 5.91 Å². The molecule has 94 valence electrons. The summed E-state index contributed by atoms with van der Waals surface area (Å²) in [6.45, 7) is 3.71. The monoisotopic (exact) mass is 229 g/mol. The minimum atomic E-state index is -0.00743. The zero-order chi connectivity index (χ0) is 12.4. The van der Waals surface area contributed by atoms with E-state index in [4.69, 9.17) is 17.2 Å². The van der Waals surface area contributed by atoms with E-state index in [1.54, 1.807) is 0 Å². The van der Waals surface area contributed by atoms with Crippen molar-refractivity contribution in [1.82, 2.24) is 5.32 Å². The Labute approximate surface area is 96.7 Å². The highest BCUT2D eigenvalue weighted by Crippen LogP contribution is 2.05. The van der Waals surface area contributed by atoms with Gasteiger partial charge in [0.1, 0.15) is 0 Å². The molecule has 0 saturated carbocycles. The molecule has 0 radical (unpaired) electrons. The molecular formula is C10H23N5O. The fourth-order valence-corrected chi connectivity index (χ4v) is 1.22. The molecule has 0 bridgehead atoms. The predicted molar refractivity (Wildman–Crippen MR) is 65.8 cm³/mol. The molecule has 16 heavy (non-hydrogen) atoms. The van der Waals surface area contributed by atoms with Gasteiger partial charge in [-0.3, -0.25) is 9.79 Å². The first kappa shape index (κ1) is 14.7. The minimum Gasteiger partial charge on any atom is -0.370 e. The van der Waals surface area contributed by atoms with Gasteiger partial charge >= 0.3 is 0 Å². The Morgan fingerprint density at radius 1 is 1.38 bits per heavy atom. The van der Waals surface area contributed by atoms with E-state index in [1.165, 1.54) is 0 Å². The molecule has 0 saturated heterocycles. The maximum absolute atomic E-state index is 11.5. The maximum Gasteiger partial charge on any atom is 0.222 e. The van der Waals surface area contributed by atoms with Gasteiger partial charge in [-0.05, 0) is 25.8 Å². The third-order valence-corrected chi connectivity index (χ3v) is 2.22. The largest absolute Gasteiger partial charge is 0.370 e. The van der Waals surface area contributed by atoms with E-state index in [1.807, 2.05) is 6.92 Å². The van der Waals surface area contributed by atoms with Gasteiger partial charge in [0.15, 0.2) is 5.96 Å². The summed E-state index contributed by atoms with van der Waals surface area (Å²) < 4.78 is 0. The quantitative estimate of drug-likeness (QED) is 0.246. The second-order valence-corrected chi connectivity index (χ2v) is 3.78. The van der Waals surface area contributed by atoms with Crippen LogP contribution in [0.25, 0.3) is 0 Å². The summed E-state index contributed by atoms with van der Waals surface area (Å²) in [6, 6.07) is 0. The Balaban J connectivity index is 3.59. The van der Waals surface area contributed by atoms with E-state index < -0.39 is 0 Å². The first-order valence-electron chi connectivity index (χ1n) is 5.61. The van der Waals surface area contributed by atoms with Crippen molar-refractivity contribution in [3.63, 3.8) is 0 Å². The number of amides is 1. The second-order valence-electron chi connectivity index (χ2n) is 3.78. The molecule has 7 N–H and O–H groups in total. The van der Waals surface area contributed by atoms with E-state index in [-0.39, 0.29) is 17.8 Å². The molecule has 0 aliphatic rings. The van der Waals surface area contributed by atoms with Gasteiger partial charge in [0.25, 0.3) is 0 Å². The van der Waals surface area contributed by atoms with Crippen LogP contribution in [-0.2, 0) is 4.79 Å². The van der Waals surface area contributed by atoms with Crippen LogP contribution in [0, 0.1) is 5.92 Å². The van der Waals surface area contributed by atoms with Crippen molar-refractivity contribution in [3.05, 3.63) is 0 Å². The molecule has 0 spiro atoms. The van der Waals surface area contributed by atoms with Gasteiger partial charge in [-0.2, -0.15) is 0 Å². The summed E-state index contributed by atoms with van der Waals surface area (Å²) in [4.78, 5) is 15.4. The number of nitrogens with zero attached hydrogens (tertiary/aromatic N) is 1. The lowest BCUT2D eigenvalue weighted by Crippen LogP contribution is -2.31. The molecule has 0 aliphatic carbocycles. The van der Waals surface area contributed by atoms with Crippen LogP contribution in [-0.4, -0.2) is 31.5 Å². The Kier molecular flexibility index (Phi) is 8.24. The Hall–Kier alpha value is -1.30. The maximum atomic E-state index is 11.5. The van der Waals surface area contributed by atoms with E-state index in [9.17, 15) is 4.79 Å². The third-order valence-electron chi connectivity index (χ3n) is 2.22. The molecule has 0 heterocycles. The van der Waals surface area contributed by atoms with Crippen molar-refractivity contribution >= 4 is 11.9 Å². The topological polar surface area (TPSA) is 120 Å². The molecule has 1 atom stereocenters. The van der Waals surface area contributed by atoms with Gasteiger partial charge in [0, 0.05) is 19.0 Å². The third kappa shape index (κ3) is 8.05. The first-order chi connectivity index (χ1) is 7.57. The first-order valence-corrected chi connectivity index (χ1v) is 5.61. The molecule has 1 unspecified atom stereocenters. The van der Waals surface area contributed by atoms with E-state index in [0.717, 1.165) is 19.3 Å². The lowest BCUT2D eigenvalue weighted by molar-refractivity contribution is -0.124. The average molecular weight is 229 g/mol. The molecule has 0 aromatic rings. The SMILES string of the molecule is CC(CCCN=C(N)N)C(=O)NCCCN. The van der Waals surface area contributed by atoms with Crippen molar-refractivity contribution in [2.24, 2.45) is 28.1 Å². The Morgan fingerprint density at radius 2 is 2.06 bits per heavy atom. The lowest BCUT2D eigenvalue weighted by atomic mass is 10.0. The van der Waals surface area contributed by atoms with Crippen LogP contribution in [0.3, 0.4) is 0 Å². The molecule has 0 aliphatic heterocycles. The normalized spacial score (nSPS) is 11.9. The van der Waals surface area contributed by atoms with Crippen molar-refractivity contribution in [1.29, 1.82) is 0 Å². The highest BCUT2D eigenvalue weighted by molar-refractivity contribution is 5.78. The van der Waals surface area contributed by atoms with Gasteiger partial charge in [-0.25, -0.2) is 0 Å². The Morgan fingerprint density at radius 3 is 2.62 bits per heavy atom. The van der Waals surface area contributed by atoms with Crippen LogP contribution in [0.5, 0.6) is 0 Å². The molecule has 0 rings (SSSR count). The molecule has 6 heteroatoms. The molecule has 0 aromatic carbocycles. The number of guanidine groups is 1. The molecular weight excluding hydrogens is 206 g/mol. The summed E-state index contributed by atoms with van der Waals surface area (Å²) in [5, 5.41) is 2.83. The summed E-state index contributed by atoms with van der Waals surface area (Å²) in [5.74, 6) is 0.158. The smallest absolute Gasteiger partial charge is 0.222 e. The second kappa shape index (κ2) is 8.96. The van der Waals surface area contributed by atoms with E-state index in [2.05, 4.69) is 10.3 Å².